The molecule has 4 heterocycles. The normalized spacial score (nSPS) is 19.3. The highest BCUT2D eigenvalue weighted by Crippen LogP contribution is 2.28. The number of piperazine rings is 1. The molecule has 1 aromatic heterocycles. The minimum absolute atomic E-state index is 0.0229. The largest absolute Gasteiger partial charge is 0.507 e. The number of carbonyl (C=O) groups excluding carboxylic acids is 2. The van der Waals surface area contributed by atoms with E-state index in [1.54, 1.807) is 0 Å². The van der Waals surface area contributed by atoms with Crippen LogP contribution >= 0.6 is 0 Å². The van der Waals surface area contributed by atoms with Gasteiger partial charge >= 0.3 is 5.69 Å². The fraction of sp³-hybridized carbons (Fsp3) is 0.543. The molecule has 1 atom stereocenters. The maximum atomic E-state index is 14.1. The lowest BCUT2D eigenvalue weighted by molar-refractivity contribution is -0.143. The molecule has 0 aliphatic carbocycles. The molecule has 0 radical (unpaired) electrons. The summed E-state index contributed by atoms with van der Waals surface area (Å²) in [7, 11) is 0. The van der Waals surface area contributed by atoms with Crippen LogP contribution in [0.25, 0.3) is 11.4 Å². The van der Waals surface area contributed by atoms with Crippen LogP contribution in [-0.4, -0.2) is 105 Å². The Hall–Kier alpha value is -3.96. The highest BCUT2D eigenvalue weighted by atomic mass is 16.5. The van der Waals surface area contributed by atoms with Gasteiger partial charge in [-0.05, 0) is 62.6 Å². The third-order valence-corrected chi connectivity index (χ3v) is 9.99. The van der Waals surface area contributed by atoms with E-state index >= 15 is 0 Å². The predicted octanol–water partition coefficient (Wildman–Crippen LogP) is 3.30. The number of H-pyrrole nitrogens is 1. The van der Waals surface area contributed by atoms with Gasteiger partial charge in [0, 0.05) is 70.5 Å². The van der Waals surface area contributed by atoms with Crippen LogP contribution in [0.2, 0.25) is 0 Å². The van der Waals surface area contributed by atoms with Crippen molar-refractivity contribution in [3.8, 4) is 17.1 Å². The highest BCUT2D eigenvalue weighted by Gasteiger charge is 2.34. The average molecular weight is 631 g/mol. The highest BCUT2D eigenvalue weighted by molar-refractivity contribution is 5.86. The number of phenols is 1. The molecule has 3 aliphatic rings. The van der Waals surface area contributed by atoms with Crippen molar-refractivity contribution in [3.05, 3.63) is 69.6 Å². The first kappa shape index (κ1) is 32.0. The van der Waals surface area contributed by atoms with Crippen molar-refractivity contribution >= 4 is 11.8 Å². The number of amides is 2. The number of phenolic OH excluding ortho intramolecular Hbond substituents is 1. The van der Waals surface area contributed by atoms with Crippen LogP contribution in [0, 0.1) is 19.8 Å². The van der Waals surface area contributed by atoms with Crippen molar-refractivity contribution in [3.63, 3.8) is 0 Å². The second-order valence-corrected chi connectivity index (χ2v) is 13.1. The molecule has 6 rings (SSSR count). The molecule has 0 bridgehead atoms. The van der Waals surface area contributed by atoms with Gasteiger partial charge < -0.3 is 19.6 Å². The molecular weight excluding hydrogens is 584 g/mol. The first-order valence-corrected chi connectivity index (χ1v) is 16.7. The fourth-order valence-electron chi connectivity index (χ4n) is 7.32. The van der Waals surface area contributed by atoms with E-state index in [4.69, 9.17) is 4.74 Å². The maximum Gasteiger partial charge on any atom is 0.343 e. The summed E-state index contributed by atoms with van der Waals surface area (Å²) in [5.74, 6) is 0.296. The van der Waals surface area contributed by atoms with Gasteiger partial charge in [-0.15, -0.1) is 5.10 Å². The summed E-state index contributed by atoms with van der Waals surface area (Å²) in [6.45, 7) is 9.31. The fourth-order valence-corrected chi connectivity index (χ4v) is 7.32. The molecule has 3 aliphatic heterocycles. The van der Waals surface area contributed by atoms with Gasteiger partial charge in [0.25, 0.3) is 0 Å². The second kappa shape index (κ2) is 14.2. The lowest BCUT2D eigenvalue weighted by Gasteiger charge is -2.41. The van der Waals surface area contributed by atoms with E-state index in [0.29, 0.717) is 57.3 Å². The van der Waals surface area contributed by atoms with Crippen LogP contribution in [0.15, 0.2) is 47.3 Å². The summed E-state index contributed by atoms with van der Waals surface area (Å²) in [4.78, 5) is 49.7. The Morgan fingerprint density at radius 1 is 0.913 bits per heavy atom. The molecule has 0 saturated carbocycles. The molecule has 3 fully saturated rings. The molecule has 46 heavy (non-hydrogen) atoms. The van der Waals surface area contributed by atoms with Gasteiger partial charge in [0.05, 0.1) is 12.0 Å². The maximum absolute atomic E-state index is 14.1. The number of ether oxygens (including phenoxy) is 1. The molecule has 3 saturated heterocycles. The molecule has 0 unspecified atom stereocenters. The summed E-state index contributed by atoms with van der Waals surface area (Å²) in [5.41, 5.74) is 3.09. The van der Waals surface area contributed by atoms with E-state index in [1.807, 2.05) is 66.1 Å². The van der Waals surface area contributed by atoms with Gasteiger partial charge in [-0.3, -0.25) is 19.5 Å². The Balaban J connectivity index is 1.11. The number of aryl methyl sites for hydroxylation is 2. The second-order valence-electron chi connectivity index (χ2n) is 13.1. The van der Waals surface area contributed by atoms with Crippen molar-refractivity contribution in [1.82, 2.24) is 29.5 Å². The lowest BCUT2D eigenvalue weighted by atomic mass is 9.91. The van der Waals surface area contributed by atoms with Crippen molar-refractivity contribution in [1.29, 1.82) is 0 Å². The van der Waals surface area contributed by atoms with Crippen LogP contribution in [-0.2, 0) is 20.7 Å². The smallest absolute Gasteiger partial charge is 0.343 e. The van der Waals surface area contributed by atoms with Crippen molar-refractivity contribution < 1.29 is 19.4 Å². The monoisotopic (exact) mass is 630 g/mol. The number of rotatable bonds is 8. The van der Waals surface area contributed by atoms with E-state index in [1.165, 1.54) is 4.68 Å². The van der Waals surface area contributed by atoms with E-state index in [-0.39, 0.29) is 35.7 Å². The minimum atomic E-state index is -0.495. The molecular formula is C35H46N6O5. The van der Waals surface area contributed by atoms with Crippen molar-refractivity contribution in [2.24, 2.45) is 5.92 Å². The Bertz CT molecular complexity index is 1540. The molecule has 2 aromatic carbocycles. The summed E-state index contributed by atoms with van der Waals surface area (Å²) in [5, 5.41) is 14.9. The van der Waals surface area contributed by atoms with Gasteiger partial charge in [0.2, 0.25) is 11.8 Å². The van der Waals surface area contributed by atoms with Gasteiger partial charge in [-0.1, -0.05) is 42.5 Å². The van der Waals surface area contributed by atoms with E-state index in [2.05, 4.69) is 15.0 Å². The van der Waals surface area contributed by atoms with Crippen LogP contribution in [0.4, 0.5) is 0 Å². The van der Waals surface area contributed by atoms with Gasteiger partial charge in [-0.25, -0.2) is 9.48 Å². The van der Waals surface area contributed by atoms with Crippen LogP contribution in [0.1, 0.15) is 54.8 Å². The van der Waals surface area contributed by atoms with Crippen molar-refractivity contribution in [2.45, 2.75) is 64.5 Å². The molecule has 3 aromatic rings. The number of piperidine rings is 1. The van der Waals surface area contributed by atoms with Gasteiger partial charge in [-0.2, -0.15) is 0 Å². The zero-order valence-corrected chi connectivity index (χ0v) is 27.0. The molecule has 2 N–H and O–H groups in total. The number of aromatic amines is 1. The number of benzene rings is 2. The topological polar surface area (TPSA) is 124 Å². The van der Waals surface area contributed by atoms with Gasteiger partial charge in [0.15, 0.2) is 5.82 Å². The zero-order chi connectivity index (χ0) is 32.2. The third-order valence-electron chi connectivity index (χ3n) is 9.99. The number of carbonyl (C=O) groups is 2. The number of hydrogen-bond acceptors (Lipinski definition) is 7. The van der Waals surface area contributed by atoms with Crippen LogP contribution in [0.3, 0.4) is 0 Å². The molecule has 11 heteroatoms. The molecule has 0 spiro atoms. The lowest BCUT2D eigenvalue weighted by Crippen LogP contribution is -2.54. The Labute approximate surface area is 270 Å². The standard InChI is InChI=1S/C35H46N6O5/c1-24-20-26(21-25(2)32(24)43)22-28(34(44)40-16-14-38(15-17-40)29-10-18-46-19-11-29)23-31(42)39-12-8-30(9-13-39)41-35(45)36-33(37-41)27-6-4-3-5-7-27/h3-7,20-21,28-30,43H,8-19,22-23H2,1-2H3,(H,36,37,45)/t28-/m0/s1. The average Bonchev–Trinajstić information content (AvgIpc) is 3.48. The summed E-state index contributed by atoms with van der Waals surface area (Å²) < 4.78 is 7.06. The SMILES string of the molecule is Cc1cc(C[C@@H](CC(=O)N2CCC(n3nc(-c4ccccc4)[nH]c3=O)CC2)C(=O)N2CCN(C3CCOCC3)CC2)cc(C)c1O. The predicted molar refractivity (Wildman–Crippen MR) is 175 cm³/mol. The number of hydrogen-bond donors (Lipinski definition) is 2. The van der Waals surface area contributed by atoms with E-state index in [9.17, 15) is 19.5 Å². The summed E-state index contributed by atoms with van der Waals surface area (Å²) in [6.07, 6.45) is 3.87. The zero-order valence-electron chi connectivity index (χ0n) is 27.0. The van der Waals surface area contributed by atoms with Crippen molar-refractivity contribution in [2.75, 3.05) is 52.5 Å². The number of likely N-dealkylation sites (tertiary alicyclic amines) is 1. The van der Waals surface area contributed by atoms with Crippen LogP contribution < -0.4 is 5.69 Å². The third kappa shape index (κ3) is 7.20. The number of aromatic hydroxyl groups is 1. The Morgan fingerprint density at radius 2 is 1.57 bits per heavy atom. The first-order chi connectivity index (χ1) is 22.3. The summed E-state index contributed by atoms with van der Waals surface area (Å²) >= 11 is 0. The summed E-state index contributed by atoms with van der Waals surface area (Å²) in [6, 6.07) is 13.8. The van der Waals surface area contributed by atoms with E-state index < -0.39 is 5.92 Å². The number of aromatic nitrogens is 3. The van der Waals surface area contributed by atoms with Crippen LogP contribution in [0.5, 0.6) is 5.75 Å². The number of nitrogens with zero attached hydrogens (tertiary/aromatic N) is 5. The first-order valence-electron chi connectivity index (χ1n) is 16.7. The molecule has 11 nitrogen and oxygen atoms in total. The minimum Gasteiger partial charge on any atom is -0.507 e. The quantitative estimate of drug-likeness (QED) is 0.392. The number of nitrogens with one attached hydrogen (secondary N) is 1. The molecule has 2 amide bonds. The van der Waals surface area contributed by atoms with Gasteiger partial charge in [0.1, 0.15) is 5.75 Å². The molecule has 246 valence electrons. The van der Waals surface area contributed by atoms with E-state index in [0.717, 1.165) is 61.4 Å². The Morgan fingerprint density at radius 3 is 2.22 bits per heavy atom. The Kier molecular flexibility index (Phi) is 9.89.